The Balaban J connectivity index is 1.47. The Morgan fingerprint density at radius 1 is 1.30 bits per heavy atom. The predicted octanol–water partition coefficient (Wildman–Crippen LogP) is 2.52. The van der Waals surface area contributed by atoms with Crippen LogP contribution in [0, 0.1) is 11.3 Å². The van der Waals surface area contributed by atoms with E-state index in [-0.39, 0.29) is 6.04 Å². The van der Waals surface area contributed by atoms with Gasteiger partial charge in [0.2, 0.25) is 0 Å². The van der Waals surface area contributed by atoms with Gasteiger partial charge in [0.05, 0.1) is 16.1 Å². The standard InChI is InChI=1S/C22H28N6O3S2/c1-26(2)33(29,30)25-18-7-10-27(11-8-18)14-16-4-5-20-19(12-16)28(15-31-3)22-21(32-20)17(13-23)6-9-24-22/h4-6,9,12,18,25H,7-8,10-11,14-15H2,1-3H3. The number of ether oxygens (including phenoxy) is 1. The fourth-order valence-corrected chi connectivity index (χ4v) is 6.02. The molecule has 2 aliphatic rings. The van der Waals surface area contributed by atoms with Gasteiger partial charge in [0.25, 0.3) is 10.2 Å². The summed E-state index contributed by atoms with van der Waals surface area (Å²) in [5.41, 5.74) is 2.79. The molecule has 1 saturated heterocycles. The van der Waals surface area contributed by atoms with Crippen molar-refractivity contribution >= 4 is 33.5 Å². The Morgan fingerprint density at radius 2 is 2.06 bits per heavy atom. The molecule has 4 rings (SSSR count). The number of likely N-dealkylation sites (tertiary alicyclic amines) is 1. The molecule has 0 aliphatic carbocycles. The third-order valence-electron chi connectivity index (χ3n) is 5.84. The van der Waals surface area contributed by atoms with E-state index in [0.29, 0.717) is 12.3 Å². The first kappa shape index (κ1) is 23.9. The molecule has 0 unspecified atom stereocenters. The number of rotatable bonds is 7. The molecule has 0 amide bonds. The molecule has 2 aliphatic heterocycles. The number of piperidine rings is 1. The molecule has 176 valence electrons. The number of fused-ring (bicyclic) bond motifs is 2. The summed E-state index contributed by atoms with van der Waals surface area (Å²) in [5.74, 6) is 0.736. The summed E-state index contributed by atoms with van der Waals surface area (Å²) in [6, 6.07) is 10.3. The monoisotopic (exact) mass is 488 g/mol. The minimum Gasteiger partial charge on any atom is -0.364 e. The summed E-state index contributed by atoms with van der Waals surface area (Å²) in [5, 5.41) is 9.51. The number of nitrogens with zero attached hydrogens (tertiary/aromatic N) is 5. The lowest BCUT2D eigenvalue weighted by Crippen LogP contribution is -2.47. The number of anilines is 2. The zero-order valence-electron chi connectivity index (χ0n) is 19.0. The van der Waals surface area contributed by atoms with Crippen LogP contribution < -0.4 is 9.62 Å². The van der Waals surface area contributed by atoms with E-state index < -0.39 is 10.2 Å². The second-order valence-electron chi connectivity index (χ2n) is 8.33. The van der Waals surface area contributed by atoms with Crippen molar-refractivity contribution in [3.05, 3.63) is 41.6 Å². The average molecular weight is 489 g/mol. The number of aromatic nitrogens is 1. The van der Waals surface area contributed by atoms with Crippen LogP contribution in [0.1, 0.15) is 24.0 Å². The molecule has 2 aromatic rings. The molecule has 1 aromatic carbocycles. The van der Waals surface area contributed by atoms with E-state index in [9.17, 15) is 13.7 Å². The lowest BCUT2D eigenvalue weighted by atomic mass is 10.0. The van der Waals surface area contributed by atoms with Crippen molar-refractivity contribution in [2.45, 2.75) is 35.2 Å². The van der Waals surface area contributed by atoms with Gasteiger partial charge in [-0.15, -0.1) is 0 Å². The van der Waals surface area contributed by atoms with Gasteiger partial charge >= 0.3 is 0 Å². The maximum absolute atomic E-state index is 12.1. The van der Waals surface area contributed by atoms with Crippen molar-refractivity contribution in [1.29, 1.82) is 5.26 Å². The zero-order chi connectivity index (χ0) is 23.6. The molecule has 0 radical (unpaired) electrons. The Morgan fingerprint density at radius 3 is 2.73 bits per heavy atom. The van der Waals surface area contributed by atoms with Crippen LogP contribution in [-0.2, 0) is 21.5 Å². The molecule has 1 N–H and O–H groups in total. The van der Waals surface area contributed by atoms with Gasteiger partial charge in [0, 0.05) is 58.0 Å². The molecule has 33 heavy (non-hydrogen) atoms. The summed E-state index contributed by atoms with van der Waals surface area (Å²) in [6.07, 6.45) is 3.21. The highest BCUT2D eigenvalue weighted by Gasteiger charge is 2.28. The molecule has 1 fully saturated rings. The number of benzene rings is 1. The lowest BCUT2D eigenvalue weighted by Gasteiger charge is -2.34. The Hall–Kier alpha value is -2.20. The summed E-state index contributed by atoms with van der Waals surface area (Å²) >= 11 is 1.56. The number of pyridine rings is 1. The molecule has 9 nitrogen and oxygen atoms in total. The molecule has 1 aromatic heterocycles. The quantitative estimate of drug-likeness (QED) is 0.634. The van der Waals surface area contributed by atoms with Crippen LogP contribution in [0.4, 0.5) is 11.5 Å². The fraction of sp³-hybridized carbons (Fsp3) is 0.455. The van der Waals surface area contributed by atoms with Gasteiger partial charge < -0.3 is 9.64 Å². The first-order chi connectivity index (χ1) is 15.8. The van der Waals surface area contributed by atoms with E-state index in [1.807, 2.05) is 4.90 Å². The van der Waals surface area contributed by atoms with E-state index in [0.717, 1.165) is 53.8 Å². The highest BCUT2D eigenvalue weighted by atomic mass is 32.2. The van der Waals surface area contributed by atoms with Gasteiger partial charge in [-0.1, -0.05) is 17.8 Å². The lowest BCUT2D eigenvalue weighted by molar-refractivity contribution is 0.198. The third kappa shape index (κ3) is 5.16. The number of hydrogen-bond donors (Lipinski definition) is 1. The van der Waals surface area contributed by atoms with E-state index in [1.54, 1.807) is 31.1 Å². The summed E-state index contributed by atoms with van der Waals surface area (Å²) < 4.78 is 33.6. The molecule has 11 heteroatoms. The van der Waals surface area contributed by atoms with Crippen molar-refractivity contribution in [1.82, 2.24) is 18.9 Å². The van der Waals surface area contributed by atoms with Crippen LogP contribution in [0.15, 0.2) is 40.3 Å². The molecular formula is C22H28N6O3S2. The third-order valence-corrected chi connectivity index (χ3v) is 8.60. The van der Waals surface area contributed by atoms with E-state index >= 15 is 0 Å². The van der Waals surface area contributed by atoms with Crippen molar-refractivity contribution in [2.24, 2.45) is 0 Å². The number of hydrogen-bond acceptors (Lipinski definition) is 8. The Bertz CT molecular complexity index is 1160. The average Bonchev–Trinajstić information content (AvgIpc) is 2.80. The largest absolute Gasteiger partial charge is 0.364 e. The molecule has 0 bridgehead atoms. The first-order valence-corrected chi connectivity index (χ1v) is 13.0. The van der Waals surface area contributed by atoms with E-state index in [2.05, 4.69) is 38.9 Å². The maximum atomic E-state index is 12.1. The molecule has 0 spiro atoms. The highest BCUT2D eigenvalue weighted by Crippen LogP contribution is 2.48. The van der Waals surface area contributed by atoms with Crippen molar-refractivity contribution in [3.63, 3.8) is 0 Å². The topological polar surface area (TPSA) is 102 Å². The first-order valence-electron chi connectivity index (χ1n) is 10.7. The molecule has 3 heterocycles. The van der Waals surface area contributed by atoms with Gasteiger partial charge in [-0.05, 0) is 36.6 Å². The molecule has 0 atom stereocenters. The summed E-state index contributed by atoms with van der Waals surface area (Å²) in [6.45, 7) is 2.77. The summed E-state index contributed by atoms with van der Waals surface area (Å²) in [4.78, 5) is 10.8. The van der Waals surface area contributed by atoms with Crippen molar-refractivity contribution < 1.29 is 13.2 Å². The number of nitriles is 1. The van der Waals surface area contributed by atoms with E-state index in [1.165, 1.54) is 24.0 Å². The van der Waals surface area contributed by atoms with Gasteiger partial charge in [-0.2, -0.15) is 22.7 Å². The van der Waals surface area contributed by atoms with Crippen LogP contribution in [0.25, 0.3) is 0 Å². The Labute approximate surface area is 199 Å². The maximum Gasteiger partial charge on any atom is 0.279 e. The SMILES string of the molecule is COCN1c2cc(CN3CCC(NS(=O)(=O)N(C)C)CC3)ccc2Sc2c(C#N)ccnc21. The van der Waals surface area contributed by atoms with Gasteiger partial charge in [0.1, 0.15) is 18.6 Å². The van der Waals surface area contributed by atoms with Crippen LogP contribution in [-0.4, -0.2) is 69.7 Å². The normalized spacial score (nSPS) is 17.0. The van der Waals surface area contributed by atoms with Gasteiger partial charge in [-0.25, -0.2) is 4.98 Å². The fourth-order valence-electron chi connectivity index (χ4n) is 4.04. The van der Waals surface area contributed by atoms with Crippen molar-refractivity contribution in [2.75, 3.05) is 45.9 Å². The minimum atomic E-state index is -3.41. The van der Waals surface area contributed by atoms with Gasteiger partial charge in [0.15, 0.2) is 0 Å². The number of methoxy groups -OCH3 is 1. The van der Waals surface area contributed by atoms with Crippen LogP contribution >= 0.6 is 11.8 Å². The van der Waals surface area contributed by atoms with Gasteiger partial charge in [-0.3, -0.25) is 4.90 Å². The second-order valence-corrected chi connectivity index (χ2v) is 11.3. The highest BCUT2D eigenvalue weighted by molar-refractivity contribution is 7.99. The van der Waals surface area contributed by atoms with E-state index in [4.69, 9.17) is 4.74 Å². The number of nitrogens with one attached hydrogen (secondary N) is 1. The zero-order valence-corrected chi connectivity index (χ0v) is 20.6. The van der Waals surface area contributed by atoms with Crippen LogP contribution in [0.2, 0.25) is 0 Å². The molecular weight excluding hydrogens is 460 g/mol. The Kier molecular flexibility index (Phi) is 7.23. The van der Waals surface area contributed by atoms with Crippen LogP contribution in [0.5, 0.6) is 0 Å². The summed E-state index contributed by atoms with van der Waals surface area (Å²) in [7, 11) is 1.31. The predicted molar refractivity (Wildman–Crippen MR) is 128 cm³/mol. The molecule has 0 saturated carbocycles. The van der Waals surface area contributed by atoms with Crippen LogP contribution in [0.3, 0.4) is 0 Å². The van der Waals surface area contributed by atoms with Crippen molar-refractivity contribution in [3.8, 4) is 6.07 Å². The smallest absolute Gasteiger partial charge is 0.279 e. The minimum absolute atomic E-state index is 0.0392. The second kappa shape index (κ2) is 9.97.